The largest absolute Gasteiger partial charge is 0.493 e. The first-order valence-electron chi connectivity index (χ1n) is 5.84. The summed E-state index contributed by atoms with van der Waals surface area (Å²) in [6, 6.07) is 3.98. The van der Waals surface area contributed by atoms with Crippen LogP contribution in [0.5, 0.6) is 11.5 Å². The number of benzene rings is 1. The molecule has 0 radical (unpaired) electrons. The summed E-state index contributed by atoms with van der Waals surface area (Å²) >= 11 is 3.56. The molecule has 0 heterocycles. The van der Waals surface area contributed by atoms with Gasteiger partial charge < -0.3 is 14.8 Å². The first-order valence-corrected chi connectivity index (χ1v) is 6.63. The van der Waals surface area contributed by atoms with Crippen molar-refractivity contribution in [3.05, 3.63) is 22.2 Å². The third-order valence-electron chi connectivity index (χ3n) is 2.55. The van der Waals surface area contributed by atoms with E-state index in [0.717, 1.165) is 41.9 Å². The molecule has 1 aromatic carbocycles. The van der Waals surface area contributed by atoms with Gasteiger partial charge >= 0.3 is 0 Å². The summed E-state index contributed by atoms with van der Waals surface area (Å²) in [5.74, 6) is 1.53. The summed E-state index contributed by atoms with van der Waals surface area (Å²) in [7, 11) is 3.30. The molecule has 1 N–H and O–H groups in total. The van der Waals surface area contributed by atoms with Crippen LogP contribution in [-0.2, 0) is 6.42 Å². The highest BCUT2D eigenvalue weighted by molar-refractivity contribution is 9.10. The smallest absolute Gasteiger partial charge is 0.161 e. The number of ether oxygens (including phenoxy) is 2. The van der Waals surface area contributed by atoms with Crippen molar-refractivity contribution in [1.82, 2.24) is 5.32 Å². The molecule has 0 aromatic heterocycles. The van der Waals surface area contributed by atoms with Gasteiger partial charge in [-0.3, -0.25) is 0 Å². The molecule has 0 unspecified atom stereocenters. The van der Waals surface area contributed by atoms with E-state index in [1.807, 2.05) is 12.1 Å². The number of methoxy groups -OCH3 is 2. The summed E-state index contributed by atoms with van der Waals surface area (Å²) in [6.45, 7) is 4.20. The van der Waals surface area contributed by atoms with Crippen molar-refractivity contribution in [2.24, 2.45) is 0 Å². The number of hydrogen-bond acceptors (Lipinski definition) is 3. The normalized spacial score (nSPS) is 10.4. The van der Waals surface area contributed by atoms with Gasteiger partial charge in [-0.1, -0.05) is 22.9 Å². The molecule has 0 saturated heterocycles. The highest BCUT2D eigenvalue weighted by atomic mass is 79.9. The van der Waals surface area contributed by atoms with Crippen LogP contribution in [0.25, 0.3) is 0 Å². The Morgan fingerprint density at radius 3 is 2.35 bits per heavy atom. The van der Waals surface area contributed by atoms with Gasteiger partial charge in [-0.25, -0.2) is 0 Å². The van der Waals surface area contributed by atoms with E-state index in [2.05, 4.69) is 28.2 Å². The van der Waals surface area contributed by atoms with E-state index in [1.165, 1.54) is 5.56 Å². The Balaban J connectivity index is 2.71. The quantitative estimate of drug-likeness (QED) is 0.785. The van der Waals surface area contributed by atoms with Gasteiger partial charge in [0.25, 0.3) is 0 Å². The number of rotatable bonds is 7. The number of hydrogen-bond donors (Lipinski definition) is 1. The van der Waals surface area contributed by atoms with Crippen LogP contribution in [-0.4, -0.2) is 27.3 Å². The Labute approximate surface area is 112 Å². The molecule has 3 nitrogen and oxygen atoms in total. The molecule has 0 atom stereocenters. The second-order valence-electron chi connectivity index (χ2n) is 3.80. The van der Waals surface area contributed by atoms with Crippen molar-refractivity contribution in [2.75, 3.05) is 27.3 Å². The molecular weight excluding hydrogens is 282 g/mol. The van der Waals surface area contributed by atoms with Crippen LogP contribution >= 0.6 is 15.9 Å². The predicted octanol–water partition coefficient (Wildman–Crippen LogP) is 3.01. The summed E-state index contributed by atoms with van der Waals surface area (Å²) < 4.78 is 11.6. The zero-order valence-corrected chi connectivity index (χ0v) is 12.3. The van der Waals surface area contributed by atoms with E-state index >= 15 is 0 Å². The van der Waals surface area contributed by atoms with Gasteiger partial charge in [-0.2, -0.15) is 0 Å². The highest BCUT2D eigenvalue weighted by Crippen LogP contribution is 2.33. The molecule has 96 valence electrons. The third kappa shape index (κ3) is 4.21. The molecular formula is C13H20BrNO2. The fourth-order valence-electron chi connectivity index (χ4n) is 1.61. The minimum absolute atomic E-state index is 0.754. The molecule has 1 rings (SSSR count). The molecule has 0 aliphatic carbocycles. The lowest BCUT2D eigenvalue weighted by Crippen LogP contribution is -2.18. The molecule has 0 aliphatic heterocycles. The molecule has 0 bridgehead atoms. The van der Waals surface area contributed by atoms with Crippen LogP contribution in [0.2, 0.25) is 0 Å². The topological polar surface area (TPSA) is 30.5 Å². The lowest BCUT2D eigenvalue weighted by molar-refractivity contribution is 0.354. The van der Waals surface area contributed by atoms with Crippen LogP contribution in [0.3, 0.4) is 0 Å². The summed E-state index contributed by atoms with van der Waals surface area (Å²) in [5, 5.41) is 3.38. The SMILES string of the molecule is CCCNCCc1cc(OC)c(OC)cc1Br. The standard InChI is InChI=1S/C13H20BrNO2/c1-4-6-15-7-5-10-8-12(16-2)13(17-3)9-11(10)14/h8-9,15H,4-7H2,1-3H3. The Bertz CT molecular complexity index is 356. The van der Waals surface area contributed by atoms with E-state index < -0.39 is 0 Å². The molecule has 17 heavy (non-hydrogen) atoms. The Morgan fingerprint density at radius 2 is 1.76 bits per heavy atom. The van der Waals surface area contributed by atoms with Crippen molar-refractivity contribution >= 4 is 15.9 Å². The molecule has 0 spiro atoms. The van der Waals surface area contributed by atoms with Gasteiger partial charge in [-0.15, -0.1) is 0 Å². The lowest BCUT2D eigenvalue weighted by atomic mass is 10.1. The molecule has 0 aliphatic rings. The zero-order valence-electron chi connectivity index (χ0n) is 10.7. The van der Waals surface area contributed by atoms with Crippen LogP contribution in [0.4, 0.5) is 0 Å². The van der Waals surface area contributed by atoms with E-state index in [0.29, 0.717) is 0 Å². The summed E-state index contributed by atoms with van der Waals surface area (Å²) in [5.41, 5.74) is 1.23. The second-order valence-corrected chi connectivity index (χ2v) is 4.65. The first-order chi connectivity index (χ1) is 8.22. The van der Waals surface area contributed by atoms with Gasteiger partial charge in [0.1, 0.15) is 0 Å². The Hall–Kier alpha value is -0.740. The fraction of sp³-hybridized carbons (Fsp3) is 0.538. The second kappa shape index (κ2) is 7.56. The maximum atomic E-state index is 5.29. The van der Waals surface area contributed by atoms with Crippen molar-refractivity contribution in [2.45, 2.75) is 19.8 Å². The van der Waals surface area contributed by atoms with Crippen molar-refractivity contribution in [1.29, 1.82) is 0 Å². The maximum Gasteiger partial charge on any atom is 0.161 e. The minimum atomic E-state index is 0.754. The van der Waals surface area contributed by atoms with E-state index in [-0.39, 0.29) is 0 Å². The first kappa shape index (κ1) is 14.3. The molecule has 0 fully saturated rings. The van der Waals surface area contributed by atoms with Gasteiger partial charge in [0.15, 0.2) is 11.5 Å². The van der Waals surface area contributed by atoms with Crippen LogP contribution in [0.1, 0.15) is 18.9 Å². The maximum absolute atomic E-state index is 5.29. The minimum Gasteiger partial charge on any atom is -0.493 e. The van der Waals surface area contributed by atoms with Gasteiger partial charge in [0.2, 0.25) is 0 Å². The average molecular weight is 302 g/mol. The van der Waals surface area contributed by atoms with Crippen molar-refractivity contribution in [3.63, 3.8) is 0 Å². The van der Waals surface area contributed by atoms with Gasteiger partial charge in [0.05, 0.1) is 14.2 Å². The predicted molar refractivity (Wildman–Crippen MR) is 74.1 cm³/mol. The lowest BCUT2D eigenvalue weighted by Gasteiger charge is -2.12. The van der Waals surface area contributed by atoms with E-state index in [9.17, 15) is 0 Å². The summed E-state index contributed by atoms with van der Waals surface area (Å²) in [4.78, 5) is 0. The number of halogens is 1. The van der Waals surface area contributed by atoms with E-state index in [1.54, 1.807) is 14.2 Å². The molecule has 4 heteroatoms. The van der Waals surface area contributed by atoms with Crippen LogP contribution in [0, 0.1) is 0 Å². The van der Waals surface area contributed by atoms with Gasteiger partial charge in [0, 0.05) is 4.47 Å². The van der Waals surface area contributed by atoms with Crippen LogP contribution < -0.4 is 14.8 Å². The monoisotopic (exact) mass is 301 g/mol. The molecule has 0 amide bonds. The molecule has 0 saturated carbocycles. The fourth-order valence-corrected chi connectivity index (χ4v) is 2.13. The Morgan fingerprint density at radius 1 is 1.12 bits per heavy atom. The highest BCUT2D eigenvalue weighted by Gasteiger charge is 2.08. The third-order valence-corrected chi connectivity index (χ3v) is 3.29. The Kier molecular flexibility index (Phi) is 6.37. The molecule has 1 aromatic rings. The van der Waals surface area contributed by atoms with E-state index in [4.69, 9.17) is 9.47 Å². The average Bonchev–Trinajstić information content (AvgIpc) is 2.35. The van der Waals surface area contributed by atoms with Crippen molar-refractivity contribution < 1.29 is 9.47 Å². The van der Waals surface area contributed by atoms with Gasteiger partial charge in [-0.05, 0) is 43.6 Å². The number of nitrogens with one attached hydrogen (secondary N) is 1. The van der Waals surface area contributed by atoms with Crippen LogP contribution in [0.15, 0.2) is 16.6 Å². The van der Waals surface area contributed by atoms with Crippen molar-refractivity contribution in [3.8, 4) is 11.5 Å². The summed E-state index contributed by atoms with van der Waals surface area (Å²) in [6.07, 6.45) is 2.13. The zero-order chi connectivity index (χ0) is 12.7.